The molecule has 4 aromatic carbocycles. The Kier molecular flexibility index (Phi) is 5.12. The first-order valence-corrected chi connectivity index (χ1v) is 11.8. The van der Waals surface area contributed by atoms with Crippen LogP contribution in [-0.2, 0) is 6.54 Å². The summed E-state index contributed by atoms with van der Waals surface area (Å²) in [7, 11) is 0. The molecule has 0 unspecified atom stereocenters. The topological polar surface area (TPSA) is 28.0 Å². The number of nitrogens with zero attached hydrogens (tertiary/aromatic N) is 3. The van der Waals surface area contributed by atoms with E-state index >= 15 is 0 Å². The van der Waals surface area contributed by atoms with E-state index in [1.54, 1.807) is 0 Å². The van der Waals surface area contributed by atoms with Crippen LogP contribution >= 0.6 is 0 Å². The van der Waals surface area contributed by atoms with Gasteiger partial charge in [0.1, 0.15) is 0 Å². The third-order valence-electron chi connectivity index (χ3n) is 6.73. The Morgan fingerprint density at radius 1 is 0.727 bits per heavy atom. The molecule has 0 atom stereocenters. The van der Waals surface area contributed by atoms with Crippen molar-refractivity contribution in [2.75, 3.05) is 19.6 Å². The normalized spacial score (nSPS) is 16.5. The molecule has 33 heavy (non-hydrogen) atoms. The standard InChI is InChI=1S/C30H27N3/c1-21-18-33(19-21)20-25-15-16-28(27-10-6-5-9-26(25)27)30-31-17-29(32-30)24-13-11-23(12-14-24)22-7-3-2-4-8-22/h2-16,21H,17-20H2,1H3. The number of hydrogen-bond acceptors (Lipinski definition) is 3. The molecule has 3 nitrogen and oxygen atoms in total. The van der Waals surface area contributed by atoms with Crippen molar-refractivity contribution in [3.05, 3.63) is 108 Å². The lowest BCUT2D eigenvalue weighted by Gasteiger charge is -2.37. The molecule has 162 valence electrons. The van der Waals surface area contributed by atoms with Crippen LogP contribution in [-0.4, -0.2) is 36.1 Å². The van der Waals surface area contributed by atoms with Crippen LogP contribution in [0.4, 0.5) is 0 Å². The van der Waals surface area contributed by atoms with E-state index < -0.39 is 0 Å². The minimum Gasteiger partial charge on any atom is -0.298 e. The van der Waals surface area contributed by atoms with Gasteiger partial charge in [0.15, 0.2) is 5.84 Å². The molecule has 1 fully saturated rings. The molecule has 0 saturated carbocycles. The first kappa shape index (κ1) is 20.1. The van der Waals surface area contributed by atoms with Gasteiger partial charge in [-0.15, -0.1) is 0 Å². The molecule has 0 N–H and O–H groups in total. The zero-order chi connectivity index (χ0) is 22.2. The Morgan fingerprint density at radius 2 is 1.39 bits per heavy atom. The van der Waals surface area contributed by atoms with Gasteiger partial charge in [0.05, 0.1) is 12.3 Å². The van der Waals surface area contributed by atoms with Gasteiger partial charge in [0.25, 0.3) is 0 Å². The SMILES string of the molecule is CC1CN(Cc2ccc(C3=NCC(c4ccc(-c5ccccc5)cc4)=N3)c3ccccc23)C1. The average Bonchev–Trinajstić information content (AvgIpc) is 3.34. The molecule has 2 aliphatic rings. The summed E-state index contributed by atoms with van der Waals surface area (Å²) in [6, 6.07) is 32.3. The second kappa shape index (κ2) is 8.42. The van der Waals surface area contributed by atoms with Crippen LogP contribution in [0.1, 0.15) is 23.6 Å². The van der Waals surface area contributed by atoms with E-state index in [1.165, 1.54) is 40.6 Å². The van der Waals surface area contributed by atoms with E-state index in [-0.39, 0.29) is 0 Å². The Morgan fingerprint density at radius 3 is 2.15 bits per heavy atom. The van der Waals surface area contributed by atoms with E-state index in [4.69, 9.17) is 9.98 Å². The Balaban J connectivity index is 1.28. The van der Waals surface area contributed by atoms with Crippen molar-refractivity contribution >= 4 is 22.3 Å². The number of hydrogen-bond donors (Lipinski definition) is 0. The van der Waals surface area contributed by atoms with E-state index in [9.17, 15) is 0 Å². The van der Waals surface area contributed by atoms with Crippen molar-refractivity contribution in [1.29, 1.82) is 0 Å². The molecular formula is C30H27N3. The van der Waals surface area contributed by atoms with Crippen molar-refractivity contribution in [2.24, 2.45) is 15.9 Å². The van der Waals surface area contributed by atoms with Crippen molar-refractivity contribution < 1.29 is 0 Å². The lowest BCUT2D eigenvalue weighted by Crippen LogP contribution is -2.44. The summed E-state index contributed by atoms with van der Waals surface area (Å²) in [6.45, 7) is 6.35. The second-order valence-electron chi connectivity index (χ2n) is 9.26. The zero-order valence-corrected chi connectivity index (χ0v) is 18.9. The molecule has 0 radical (unpaired) electrons. The van der Waals surface area contributed by atoms with Gasteiger partial charge in [0, 0.05) is 25.2 Å². The lowest BCUT2D eigenvalue weighted by atomic mass is 9.96. The van der Waals surface area contributed by atoms with Crippen LogP contribution in [0.5, 0.6) is 0 Å². The van der Waals surface area contributed by atoms with Gasteiger partial charge in [-0.2, -0.15) is 0 Å². The molecule has 0 aliphatic carbocycles. The van der Waals surface area contributed by atoms with Crippen molar-refractivity contribution in [1.82, 2.24) is 4.90 Å². The highest BCUT2D eigenvalue weighted by atomic mass is 15.2. The Hall–Kier alpha value is -3.56. The van der Waals surface area contributed by atoms with Gasteiger partial charge in [0.2, 0.25) is 0 Å². The number of likely N-dealkylation sites (tertiary alicyclic amines) is 1. The fraction of sp³-hybridized carbons (Fsp3) is 0.200. The molecule has 2 heterocycles. The molecule has 1 saturated heterocycles. The summed E-state index contributed by atoms with van der Waals surface area (Å²) in [5.41, 5.74) is 7.14. The molecular weight excluding hydrogens is 402 g/mol. The number of fused-ring (bicyclic) bond motifs is 1. The number of aliphatic imine (C=N–C) groups is 2. The average molecular weight is 430 g/mol. The van der Waals surface area contributed by atoms with Crippen LogP contribution in [0.25, 0.3) is 21.9 Å². The van der Waals surface area contributed by atoms with E-state index in [0.29, 0.717) is 6.54 Å². The minimum absolute atomic E-state index is 0.627. The summed E-state index contributed by atoms with van der Waals surface area (Å²) in [6.07, 6.45) is 0. The van der Waals surface area contributed by atoms with Crippen molar-refractivity contribution in [2.45, 2.75) is 13.5 Å². The van der Waals surface area contributed by atoms with Gasteiger partial charge in [-0.1, -0.05) is 97.9 Å². The highest BCUT2D eigenvalue weighted by molar-refractivity contribution is 6.21. The summed E-state index contributed by atoms with van der Waals surface area (Å²) in [4.78, 5) is 12.3. The number of rotatable bonds is 5. The third-order valence-corrected chi connectivity index (χ3v) is 6.73. The molecule has 2 aliphatic heterocycles. The first-order chi connectivity index (χ1) is 16.2. The predicted molar refractivity (Wildman–Crippen MR) is 138 cm³/mol. The van der Waals surface area contributed by atoms with Crippen molar-refractivity contribution in [3.8, 4) is 11.1 Å². The molecule has 6 rings (SSSR count). The maximum Gasteiger partial charge on any atom is 0.155 e. The summed E-state index contributed by atoms with van der Waals surface area (Å²) >= 11 is 0. The maximum absolute atomic E-state index is 4.97. The van der Waals surface area contributed by atoms with Gasteiger partial charge in [-0.3, -0.25) is 9.89 Å². The highest BCUT2D eigenvalue weighted by Gasteiger charge is 2.23. The molecule has 0 spiro atoms. The largest absolute Gasteiger partial charge is 0.298 e. The van der Waals surface area contributed by atoms with Crippen LogP contribution in [0, 0.1) is 5.92 Å². The first-order valence-electron chi connectivity index (χ1n) is 11.8. The molecule has 3 heteroatoms. The monoisotopic (exact) mass is 429 g/mol. The summed E-state index contributed by atoms with van der Waals surface area (Å²) in [5, 5.41) is 2.56. The van der Waals surface area contributed by atoms with Gasteiger partial charge in [-0.05, 0) is 38.9 Å². The highest BCUT2D eigenvalue weighted by Crippen LogP contribution is 2.28. The predicted octanol–water partition coefficient (Wildman–Crippen LogP) is 6.21. The van der Waals surface area contributed by atoms with Gasteiger partial charge >= 0.3 is 0 Å². The molecule has 4 aromatic rings. The summed E-state index contributed by atoms with van der Waals surface area (Å²) < 4.78 is 0. The van der Waals surface area contributed by atoms with Crippen LogP contribution in [0.2, 0.25) is 0 Å². The van der Waals surface area contributed by atoms with Crippen LogP contribution in [0.3, 0.4) is 0 Å². The van der Waals surface area contributed by atoms with Crippen molar-refractivity contribution in [3.63, 3.8) is 0 Å². The molecule has 0 bridgehead atoms. The number of amidine groups is 1. The van der Waals surface area contributed by atoms with Crippen LogP contribution in [0.15, 0.2) is 101 Å². The summed E-state index contributed by atoms with van der Waals surface area (Å²) in [5.74, 6) is 1.66. The van der Waals surface area contributed by atoms with Crippen LogP contribution < -0.4 is 0 Å². The third kappa shape index (κ3) is 3.90. The van der Waals surface area contributed by atoms with E-state index in [0.717, 1.165) is 35.1 Å². The zero-order valence-electron chi connectivity index (χ0n) is 18.9. The fourth-order valence-corrected chi connectivity index (χ4v) is 5.03. The van der Waals surface area contributed by atoms with Gasteiger partial charge in [-0.25, -0.2) is 4.99 Å². The lowest BCUT2D eigenvalue weighted by molar-refractivity contribution is 0.105. The molecule has 0 aromatic heterocycles. The van der Waals surface area contributed by atoms with Gasteiger partial charge < -0.3 is 0 Å². The fourth-order valence-electron chi connectivity index (χ4n) is 5.03. The second-order valence-corrected chi connectivity index (χ2v) is 9.26. The van der Waals surface area contributed by atoms with E-state index in [1.807, 2.05) is 6.07 Å². The number of benzene rings is 4. The Bertz CT molecular complexity index is 1360. The smallest absolute Gasteiger partial charge is 0.155 e. The quantitative estimate of drug-likeness (QED) is 0.371. The van der Waals surface area contributed by atoms with E-state index in [2.05, 4.69) is 96.8 Å². The Labute approximate surface area is 195 Å². The molecule has 0 amide bonds. The minimum atomic E-state index is 0.627. The maximum atomic E-state index is 4.97.